The second-order valence-electron chi connectivity index (χ2n) is 5.87. The molecule has 0 aliphatic rings. The maximum atomic E-state index is 12.4. The highest BCUT2D eigenvalue weighted by Gasteiger charge is 2.30. The number of hydrogen-bond donors (Lipinski definition) is 1. The van der Waals surface area contributed by atoms with Gasteiger partial charge in [0, 0.05) is 6.04 Å². The lowest BCUT2D eigenvalue weighted by Crippen LogP contribution is -2.50. The maximum absolute atomic E-state index is 12.4. The minimum absolute atomic E-state index is 0.0693. The van der Waals surface area contributed by atoms with Crippen LogP contribution in [0.3, 0.4) is 0 Å². The molecule has 1 aromatic rings. The third kappa shape index (κ3) is 5.26. The van der Waals surface area contributed by atoms with E-state index in [0.29, 0.717) is 10.7 Å². The second kappa shape index (κ2) is 7.73. The Kier molecular flexibility index (Phi) is 6.74. The first-order valence-corrected chi connectivity index (χ1v) is 9.80. The molecule has 130 valence electrons. The van der Waals surface area contributed by atoms with Crippen LogP contribution in [0.5, 0.6) is 0 Å². The van der Waals surface area contributed by atoms with E-state index < -0.39 is 16.1 Å². The molecule has 0 heterocycles. The van der Waals surface area contributed by atoms with Gasteiger partial charge in [-0.05, 0) is 38.0 Å². The van der Waals surface area contributed by atoms with E-state index >= 15 is 0 Å². The summed E-state index contributed by atoms with van der Waals surface area (Å²) in [5.74, 6) is -0.134. The van der Waals surface area contributed by atoms with E-state index in [-0.39, 0.29) is 22.9 Å². The molecule has 5 nitrogen and oxygen atoms in total. The Hall–Kier alpha value is -0.980. The van der Waals surface area contributed by atoms with E-state index in [0.717, 1.165) is 10.6 Å². The summed E-state index contributed by atoms with van der Waals surface area (Å²) in [6, 6.07) is 3.47. The molecule has 1 N–H and O–H groups in total. The minimum Gasteiger partial charge on any atom is -0.352 e. The number of anilines is 1. The lowest BCUT2D eigenvalue weighted by molar-refractivity contribution is -0.122. The molecule has 0 spiro atoms. The Labute approximate surface area is 148 Å². The molecule has 23 heavy (non-hydrogen) atoms. The van der Waals surface area contributed by atoms with Gasteiger partial charge in [0.15, 0.2) is 0 Å². The zero-order valence-electron chi connectivity index (χ0n) is 13.8. The van der Waals surface area contributed by atoms with Gasteiger partial charge in [-0.2, -0.15) is 0 Å². The molecular weight excluding hydrogens is 359 g/mol. The molecule has 0 saturated heterocycles. The van der Waals surface area contributed by atoms with Crippen LogP contribution in [0.25, 0.3) is 0 Å². The van der Waals surface area contributed by atoms with Gasteiger partial charge in [-0.15, -0.1) is 0 Å². The summed E-state index contributed by atoms with van der Waals surface area (Å²) in [7, 11) is -3.68. The molecule has 0 unspecified atom stereocenters. The highest BCUT2D eigenvalue weighted by molar-refractivity contribution is 7.92. The van der Waals surface area contributed by atoms with Crippen LogP contribution in [0, 0.1) is 5.92 Å². The fourth-order valence-corrected chi connectivity index (χ4v) is 3.40. The Morgan fingerprint density at radius 1 is 1.13 bits per heavy atom. The number of nitrogens with one attached hydrogen (secondary N) is 1. The molecule has 0 aromatic heterocycles. The van der Waals surface area contributed by atoms with Crippen LogP contribution in [-0.2, 0) is 14.8 Å². The quantitative estimate of drug-likeness (QED) is 0.822. The van der Waals surface area contributed by atoms with Gasteiger partial charge >= 0.3 is 0 Å². The smallest absolute Gasteiger partial charge is 0.243 e. The van der Waals surface area contributed by atoms with Gasteiger partial charge in [0.25, 0.3) is 0 Å². The van der Waals surface area contributed by atoms with Crippen LogP contribution in [0.1, 0.15) is 27.7 Å². The highest BCUT2D eigenvalue weighted by Crippen LogP contribution is 2.29. The molecular formula is C15H22Cl2N2O3S. The summed E-state index contributed by atoms with van der Waals surface area (Å²) in [6.45, 7) is 7.36. The maximum Gasteiger partial charge on any atom is 0.243 e. The molecule has 0 fully saturated rings. The van der Waals surface area contributed by atoms with Crippen LogP contribution < -0.4 is 9.62 Å². The molecule has 0 radical (unpaired) electrons. The van der Waals surface area contributed by atoms with Crippen LogP contribution in [-0.4, -0.2) is 32.7 Å². The SMILES string of the molecule is CC(C)[C@@H](C)NC(=O)[C@@H](C)N(c1ccc(Cl)c(Cl)c1)S(C)(=O)=O. The third-order valence-corrected chi connectivity index (χ3v) is 5.60. The van der Waals surface area contributed by atoms with E-state index in [1.165, 1.54) is 25.1 Å². The van der Waals surface area contributed by atoms with Crippen molar-refractivity contribution in [2.24, 2.45) is 5.92 Å². The zero-order chi connectivity index (χ0) is 17.9. The van der Waals surface area contributed by atoms with Gasteiger partial charge in [0.05, 0.1) is 22.0 Å². The average molecular weight is 381 g/mol. The number of benzene rings is 1. The molecule has 8 heteroatoms. The van der Waals surface area contributed by atoms with Crippen LogP contribution in [0.4, 0.5) is 5.69 Å². The topological polar surface area (TPSA) is 66.5 Å². The van der Waals surface area contributed by atoms with Crippen molar-refractivity contribution in [2.45, 2.75) is 39.8 Å². The highest BCUT2D eigenvalue weighted by atomic mass is 35.5. The van der Waals surface area contributed by atoms with Crippen LogP contribution in [0.2, 0.25) is 10.0 Å². The van der Waals surface area contributed by atoms with E-state index in [2.05, 4.69) is 5.32 Å². The summed E-state index contributed by atoms with van der Waals surface area (Å²) < 4.78 is 25.4. The van der Waals surface area contributed by atoms with Gasteiger partial charge in [0.1, 0.15) is 6.04 Å². The number of sulfonamides is 1. The van der Waals surface area contributed by atoms with Gasteiger partial charge in [-0.3, -0.25) is 9.10 Å². The summed E-state index contributed by atoms with van der Waals surface area (Å²) in [5.41, 5.74) is 0.293. The number of hydrogen-bond acceptors (Lipinski definition) is 3. The van der Waals surface area contributed by atoms with Crippen molar-refractivity contribution in [3.05, 3.63) is 28.2 Å². The Morgan fingerprint density at radius 2 is 1.70 bits per heavy atom. The van der Waals surface area contributed by atoms with Gasteiger partial charge in [0.2, 0.25) is 15.9 Å². The van der Waals surface area contributed by atoms with Crippen molar-refractivity contribution in [1.29, 1.82) is 0 Å². The molecule has 0 saturated carbocycles. The number of nitrogens with zero attached hydrogens (tertiary/aromatic N) is 1. The Balaban J connectivity index is 3.17. The third-order valence-electron chi connectivity index (χ3n) is 3.62. The van der Waals surface area contributed by atoms with Crippen LogP contribution in [0.15, 0.2) is 18.2 Å². The predicted molar refractivity (Wildman–Crippen MR) is 95.7 cm³/mol. The second-order valence-corrected chi connectivity index (χ2v) is 8.55. The fourth-order valence-electron chi connectivity index (χ4n) is 1.94. The van der Waals surface area contributed by atoms with Crippen molar-refractivity contribution < 1.29 is 13.2 Å². The zero-order valence-corrected chi connectivity index (χ0v) is 16.1. The number of rotatable bonds is 6. The first-order chi connectivity index (χ1) is 10.4. The normalized spacial score (nSPS) is 14.4. The van der Waals surface area contributed by atoms with Crippen molar-refractivity contribution in [2.75, 3.05) is 10.6 Å². The Bertz CT molecular complexity index is 677. The Morgan fingerprint density at radius 3 is 2.13 bits per heavy atom. The summed E-state index contributed by atoms with van der Waals surface area (Å²) >= 11 is 11.8. The van der Waals surface area contributed by atoms with Crippen LogP contribution >= 0.6 is 23.2 Å². The standard InChI is InChI=1S/C15H22Cl2N2O3S/c1-9(2)10(3)18-15(20)11(4)19(23(5,21)22)12-6-7-13(16)14(17)8-12/h6-11H,1-5H3,(H,18,20)/t10-,11-/m1/s1. The molecule has 0 aliphatic heterocycles. The predicted octanol–water partition coefficient (Wildman–Crippen LogP) is 3.31. The van der Waals surface area contributed by atoms with Crippen molar-refractivity contribution in [1.82, 2.24) is 5.32 Å². The molecule has 2 atom stereocenters. The molecule has 0 aliphatic carbocycles. The van der Waals surface area contributed by atoms with Crippen molar-refractivity contribution >= 4 is 44.8 Å². The van der Waals surface area contributed by atoms with Crippen molar-refractivity contribution in [3.8, 4) is 0 Å². The fraction of sp³-hybridized carbons (Fsp3) is 0.533. The molecule has 1 aromatic carbocycles. The largest absolute Gasteiger partial charge is 0.352 e. The number of carbonyl (C=O) groups excluding carboxylic acids is 1. The van der Waals surface area contributed by atoms with Gasteiger partial charge in [-0.1, -0.05) is 37.0 Å². The van der Waals surface area contributed by atoms with Crippen molar-refractivity contribution in [3.63, 3.8) is 0 Å². The first-order valence-electron chi connectivity index (χ1n) is 7.20. The lowest BCUT2D eigenvalue weighted by Gasteiger charge is -2.30. The number of halogens is 2. The summed E-state index contributed by atoms with van der Waals surface area (Å²) in [5, 5.41) is 3.36. The minimum atomic E-state index is -3.68. The lowest BCUT2D eigenvalue weighted by atomic mass is 10.1. The first kappa shape index (κ1) is 20.1. The van der Waals surface area contributed by atoms with E-state index in [1.54, 1.807) is 0 Å². The number of amides is 1. The summed E-state index contributed by atoms with van der Waals surface area (Å²) in [6.07, 6.45) is 1.05. The van der Waals surface area contributed by atoms with Gasteiger partial charge < -0.3 is 5.32 Å². The van der Waals surface area contributed by atoms with E-state index in [9.17, 15) is 13.2 Å². The number of carbonyl (C=O) groups is 1. The molecule has 1 rings (SSSR count). The van der Waals surface area contributed by atoms with E-state index in [4.69, 9.17) is 23.2 Å². The molecule has 1 amide bonds. The van der Waals surface area contributed by atoms with Gasteiger partial charge in [-0.25, -0.2) is 8.42 Å². The molecule has 0 bridgehead atoms. The monoisotopic (exact) mass is 380 g/mol. The average Bonchev–Trinajstić information content (AvgIpc) is 2.41. The van der Waals surface area contributed by atoms with E-state index in [1.807, 2.05) is 20.8 Å². The summed E-state index contributed by atoms with van der Waals surface area (Å²) in [4.78, 5) is 12.4.